The highest BCUT2D eigenvalue weighted by Gasteiger charge is 2.73. The zero-order valence-corrected chi connectivity index (χ0v) is 15.5. The average molecular weight is 326 g/mol. The standard InChI is InChI=1S/C13H30O7Si/c1-9-18-12(4,14-5)13(19-10-2,20-11-3)21(15-6,16-7)17-8/h9-11H2,1-8H3. The molecular formula is C13H30O7Si. The van der Waals surface area contributed by atoms with Crippen LogP contribution in [0.2, 0.25) is 0 Å². The minimum atomic E-state index is -3.43. The highest BCUT2D eigenvalue weighted by molar-refractivity contribution is 6.63. The van der Waals surface area contributed by atoms with Gasteiger partial charge in [-0.2, -0.15) is 0 Å². The summed E-state index contributed by atoms with van der Waals surface area (Å²) in [4.78, 5) is 0. The zero-order chi connectivity index (χ0) is 16.6. The Bertz CT molecular complexity index is 271. The molecule has 0 aromatic rings. The predicted octanol–water partition coefficient (Wildman–Crippen LogP) is 1.57. The Balaban J connectivity index is 6.16. The molecule has 0 bridgehead atoms. The molecule has 0 aliphatic heterocycles. The number of hydrogen-bond donors (Lipinski definition) is 0. The molecule has 21 heavy (non-hydrogen) atoms. The third kappa shape index (κ3) is 3.65. The van der Waals surface area contributed by atoms with Crippen LogP contribution < -0.4 is 0 Å². The molecule has 1 atom stereocenters. The van der Waals surface area contributed by atoms with Gasteiger partial charge in [-0.25, -0.2) is 0 Å². The molecule has 0 spiro atoms. The van der Waals surface area contributed by atoms with Crippen LogP contribution in [0.4, 0.5) is 0 Å². The summed E-state index contributed by atoms with van der Waals surface area (Å²) in [6.07, 6.45) is 0. The lowest BCUT2D eigenvalue weighted by atomic mass is 10.3. The maximum absolute atomic E-state index is 5.93. The minimum Gasteiger partial charge on any atom is -0.374 e. The van der Waals surface area contributed by atoms with Gasteiger partial charge < -0.3 is 32.2 Å². The molecule has 8 heteroatoms. The van der Waals surface area contributed by atoms with E-state index < -0.39 is 20.0 Å². The van der Waals surface area contributed by atoms with E-state index in [1.165, 1.54) is 28.4 Å². The lowest BCUT2D eigenvalue weighted by Crippen LogP contribution is -2.76. The van der Waals surface area contributed by atoms with Crippen LogP contribution in [0.3, 0.4) is 0 Å². The molecule has 0 fully saturated rings. The van der Waals surface area contributed by atoms with E-state index >= 15 is 0 Å². The fraction of sp³-hybridized carbons (Fsp3) is 1.00. The molecule has 0 saturated heterocycles. The van der Waals surface area contributed by atoms with Crippen molar-refractivity contribution in [1.29, 1.82) is 0 Å². The van der Waals surface area contributed by atoms with Crippen molar-refractivity contribution >= 4 is 8.80 Å². The van der Waals surface area contributed by atoms with E-state index in [9.17, 15) is 0 Å². The van der Waals surface area contributed by atoms with Crippen LogP contribution in [0.15, 0.2) is 0 Å². The Labute approximate surface area is 129 Å². The fourth-order valence-corrected chi connectivity index (χ4v) is 5.06. The van der Waals surface area contributed by atoms with Gasteiger partial charge in [0.1, 0.15) is 0 Å². The fourth-order valence-electron chi connectivity index (χ4n) is 2.38. The molecule has 0 aliphatic carbocycles. The average Bonchev–Trinajstić information content (AvgIpc) is 2.49. The second-order valence-electron chi connectivity index (χ2n) is 4.23. The summed E-state index contributed by atoms with van der Waals surface area (Å²) in [5.74, 6) is -1.26. The van der Waals surface area contributed by atoms with Crippen molar-refractivity contribution in [1.82, 2.24) is 0 Å². The summed E-state index contributed by atoms with van der Waals surface area (Å²) in [5.41, 5.74) is -1.45. The van der Waals surface area contributed by atoms with Crippen LogP contribution in [0.1, 0.15) is 27.7 Å². The lowest BCUT2D eigenvalue weighted by Gasteiger charge is -2.50. The van der Waals surface area contributed by atoms with Crippen molar-refractivity contribution in [3.63, 3.8) is 0 Å². The number of hydrogen-bond acceptors (Lipinski definition) is 7. The van der Waals surface area contributed by atoms with E-state index in [1.54, 1.807) is 6.92 Å². The first-order valence-corrected chi connectivity index (χ1v) is 8.77. The molecule has 0 amide bonds. The summed E-state index contributed by atoms with van der Waals surface area (Å²) in [6, 6.07) is 0. The molecule has 0 aliphatic rings. The molecule has 0 saturated carbocycles. The van der Waals surface area contributed by atoms with Crippen LogP contribution in [0, 0.1) is 0 Å². The quantitative estimate of drug-likeness (QED) is 0.398. The number of ether oxygens (including phenoxy) is 4. The van der Waals surface area contributed by atoms with Gasteiger partial charge in [0.2, 0.25) is 5.79 Å². The van der Waals surface area contributed by atoms with Crippen LogP contribution >= 0.6 is 0 Å². The Hall–Kier alpha value is -0.0631. The molecule has 7 nitrogen and oxygen atoms in total. The third-order valence-electron chi connectivity index (χ3n) is 3.31. The van der Waals surface area contributed by atoms with Gasteiger partial charge in [0.15, 0.2) is 0 Å². The molecule has 0 heterocycles. The second kappa shape index (κ2) is 9.16. The Kier molecular flexibility index (Phi) is 9.13. The van der Waals surface area contributed by atoms with E-state index in [4.69, 9.17) is 32.2 Å². The van der Waals surface area contributed by atoms with E-state index in [2.05, 4.69) is 0 Å². The third-order valence-corrected chi connectivity index (χ3v) is 6.47. The molecule has 1 unspecified atom stereocenters. The number of rotatable bonds is 12. The first-order chi connectivity index (χ1) is 9.92. The van der Waals surface area contributed by atoms with Crippen molar-refractivity contribution in [2.45, 2.75) is 38.9 Å². The maximum atomic E-state index is 5.93. The Morgan fingerprint density at radius 3 is 1.33 bits per heavy atom. The monoisotopic (exact) mass is 326 g/mol. The van der Waals surface area contributed by atoms with Gasteiger partial charge in [-0.15, -0.1) is 0 Å². The summed E-state index contributed by atoms with van der Waals surface area (Å²) in [6.45, 7) is 8.35. The highest BCUT2D eigenvalue weighted by Crippen LogP contribution is 2.41. The van der Waals surface area contributed by atoms with Crippen molar-refractivity contribution in [3.8, 4) is 0 Å². The predicted molar refractivity (Wildman–Crippen MR) is 79.8 cm³/mol. The van der Waals surface area contributed by atoms with Crippen molar-refractivity contribution in [3.05, 3.63) is 0 Å². The van der Waals surface area contributed by atoms with Crippen LogP contribution in [-0.2, 0) is 32.2 Å². The first-order valence-electron chi connectivity index (χ1n) is 7.05. The normalized spacial score (nSPS) is 16.0. The van der Waals surface area contributed by atoms with Crippen molar-refractivity contribution in [2.24, 2.45) is 0 Å². The van der Waals surface area contributed by atoms with E-state index in [0.29, 0.717) is 19.8 Å². The van der Waals surface area contributed by atoms with E-state index in [-0.39, 0.29) is 0 Å². The van der Waals surface area contributed by atoms with Gasteiger partial charge in [0.25, 0.3) is 5.41 Å². The van der Waals surface area contributed by atoms with Gasteiger partial charge in [-0.3, -0.25) is 0 Å². The molecular weight excluding hydrogens is 296 g/mol. The lowest BCUT2D eigenvalue weighted by molar-refractivity contribution is -0.378. The van der Waals surface area contributed by atoms with Crippen LogP contribution in [-0.4, -0.2) is 68.3 Å². The molecule has 0 N–H and O–H groups in total. The van der Waals surface area contributed by atoms with Gasteiger partial charge >= 0.3 is 8.80 Å². The molecule has 0 aromatic heterocycles. The van der Waals surface area contributed by atoms with Crippen LogP contribution in [0.5, 0.6) is 0 Å². The molecule has 0 rings (SSSR count). The van der Waals surface area contributed by atoms with Crippen molar-refractivity contribution < 1.29 is 32.2 Å². The summed E-state index contributed by atoms with van der Waals surface area (Å²) < 4.78 is 40.0. The smallest absolute Gasteiger partial charge is 0.374 e. The first kappa shape index (κ1) is 20.9. The van der Waals surface area contributed by atoms with Crippen LogP contribution in [0.25, 0.3) is 0 Å². The zero-order valence-electron chi connectivity index (χ0n) is 14.5. The van der Waals surface area contributed by atoms with Gasteiger partial charge in [-0.1, -0.05) is 0 Å². The molecule has 0 radical (unpaired) electrons. The number of methoxy groups -OCH3 is 1. The van der Waals surface area contributed by atoms with E-state index in [1.807, 2.05) is 20.8 Å². The van der Waals surface area contributed by atoms with Gasteiger partial charge in [0.05, 0.1) is 0 Å². The molecule has 0 aromatic carbocycles. The summed E-state index contributed by atoms with van der Waals surface area (Å²) in [5, 5.41) is 0. The van der Waals surface area contributed by atoms with Gasteiger partial charge in [-0.05, 0) is 27.7 Å². The molecule has 128 valence electrons. The topological polar surface area (TPSA) is 64.6 Å². The van der Waals surface area contributed by atoms with E-state index in [0.717, 1.165) is 0 Å². The summed E-state index contributed by atoms with van der Waals surface area (Å²) in [7, 11) is 2.57. The van der Waals surface area contributed by atoms with Gasteiger partial charge in [0, 0.05) is 48.3 Å². The second-order valence-corrected chi connectivity index (χ2v) is 7.23. The maximum Gasteiger partial charge on any atom is 0.569 e. The Morgan fingerprint density at radius 2 is 1.10 bits per heavy atom. The Morgan fingerprint density at radius 1 is 0.714 bits per heavy atom. The largest absolute Gasteiger partial charge is 0.569 e. The summed E-state index contributed by atoms with van der Waals surface area (Å²) >= 11 is 0. The minimum absolute atomic E-state index is 0.344. The SMILES string of the molecule is CCOC(C)(OC)C(OCC)(OCC)[Si](OC)(OC)OC. The highest BCUT2D eigenvalue weighted by atomic mass is 28.4. The van der Waals surface area contributed by atoms with Crippen molar-refractivity contribution in [2.75, 3.05) is 48.3 Å².